The molecule has 0 saturated heterocycles. The van der Waals surface area contributed by atoms with Crippen molar-refractivity contribution >= 4 is 23.4 Å². The molecule has 0 fully saturated rings. The summed E-state index contributed by atoms with van der Waals surface area (Å²) in [5.74, 6) is 0.518. The Hall–Kier alpha value is -0.350. The van der Waals surface area contributed by atoms with Crippen LogP contribution in [0, 0.1) is 0 Å². The Morgan fingerprint density at radius 3 is 3.00 bits per heavy atom. The number of ketones is 1. The minimum absolute atomic E-state index is 0.0190. The molecule has 0 spiro atoms. The Kier molecular flexibility index (Phi) is 2.24. The molecule has 0 bridgehead atoms. The molecule has 0 aromatic carbocycles. The van der Waals surface area contributed by atoms with Gasteiger partial charge in [0, 0.05) is 13.0 Å². The van der Waals surface area contributed by atoms with Crippen molar-refractivity contribution in [1.82, 2.24) is 0 Å². The van der Waals surface area contributed by atoms with Crippen molar-refractivity contribution in [1.29, 1.82) is 0 Å². The van der Waals surface area contributed by atoms with Gasteiger partial charge in [-0.15, -0.1) is 0 Å². The van der Waals surface area contributed by atoms with Gasteiger partial charge in [-0.05, 0) is 11.9 Å². The highest BCUT2D eigenvalue weighted by molar-refractivity contribution is 7.99. The lowest BCUT2D eigenvalue weighted by molar-refractivity contribution is -0.110. The third-order valence-electron chi connectivity index (χ3n) is 1.04. The van der Waals surface area contributed by atoms with Crippen molar-refractivity contribution in [3.63, 3.8) is 0 Å². The first-order chi connectivity index (χ1) is 4.34. The Balaban J connectivity index is 2.47. The van der Waals surface area contributed by atoms with Crippen LogP contribution in [0.2, 0.25) is 0 Å². The van der Waals surface area contributed by atoms with Crippen LogP contribution in [-0.4, -0.2) is 29.0 Å². The average Bonchev–Trinajstić information content (AvgIpc) is 2.18. The molecule has 0 aliphatic carbocycles. The Bertz CT molecular complexity index is 155. The van der Waals surface area contributed by atoms with Crippen molar-refractivity contribution in [2.24, 2.45) is 4.40 Å². The van der Waals surface area contributed by atoms with Crippen molar-refractivity contribution in [3.8, 4) is 0 Å². The standard InChI is InChI=1S/C5H7NO2S/c7-2-1-4-5(8)3-9-6-4/h7H,1-3H2. The molecule has 50 valence electrons. The predicted octanol–water partition coefficient (Wildman–Crippen LogP) is 0.0407. The maximum atomic E-state index is 10.7. The molecule has 1 aliphatic rings. The minimum Gasteiger partial charge on any atom is -0.396 e. The Morgan fingerprint density at radius 1 is 1.78 bits per heavy atom. The van der Waals surface area contributed by atoms with Gasteiger partial charge in [0.25, 0.3) is 0 Å². The third kappa shape index (κ3) is 1.53. The number of carbonyl (C=O) groups is 1. The molecule has 9 heavy (non-hydrogen) atoms. The molecule has 1 N–H and O–H groups in total. The summed E-state index contributed by atoms with van der Waals surface area (Å²) in [7, 11) is 0. The van der Waals surface area contributed by atoms with E-state index in [1.54, 1.807) is 0 Å². The minimum atomic E-state index is 0.0190. The van der Waals surface area contributed by atoms with Gasteiger partial charge in [0.2, 0.25) is 0 Å². The summed E-state index contributed by atoms with van der Waals surface area (Å²) >= 11 is 1.26. The maximum absolute atomic E-state index is 10.7. The highest BCUT2D eigenvalue weighted by atomic mass is 32.2. The van der Waals surface area contributed by atoms with Crippen LogP contribution in [0.1, 0.15) is 6.42 Å². The maximum Gasteiger partial charge on any atom is 0.189 e. The molecular formula is C5H7NO2S. The summed E-state index contributed by atoms with van der Waals surface area (Å²) in [5.41, 5.74) is 0.530. The molecule has 0 unspecified atom stereocenters. The van der Waals surface area contributed by atoms with Crippen LogP contribution in [-0.2, 0) is 4.79 Å². The molecule has 4 heteroatoms. The molecular weight excluding hydrogens is 138 g/mol. The molecule has 1 rings (SSSR count). The van der Waals surface area contributed by atoms with Crippen LogP contribution in [0.4, 0.5) is 0 Å². The zero-order valence-electron chi connectivity index (χ0n) is 4.83. The van der Waals surface area contributed by atoms with E-state index in [1.165, 1.54) is 11.9 Å². The normalized spacial score (nSPS) is 18.3. The van der Waals surface area contributed by atoms with E-state index in [-0.39, 0.29) is 12.4 Å². The quantitative estimate of drug-likeness (QED) is 0.558. The number of aliphatic hydroxyl groups is 1. The highest BCUT2D eigenvalue weighted by Gasteiger charge is 2.16. The second-order valence-electron chi connectivity index (χ2n) is 1.71. The van der Waals surface area contributed by atoms with Crippen molar-refractivity contribution in [2.75, 3.05) is 12.4 Å². The number of rotatable bonds is 2. The van der Waals surface area contributed by atoms with Crippen LogP contribution in [0.3, 0.4) is 0 Å². The van der Waals surface area contributed by atoms with E-state index in [9.17, 15) is 4.79 Å². The first-order valence-electron chi connectivity index (χ1n) is 2.67. The van der Waals surface area contributed by atoms with Crippen LogP contribution < -0.4 is 0 Å². The third-order valence-corrected chi connectivity index (χ3v) is 1.78. The molecule has 1 aliphatic heterocycles. The Morgan fingerprint density at radius 2 is 2.56 bits per heavy atom. The molecule has 0 radical (unpaired) electrons. The summed E-state index contributed by atoms with van der Waals surface area (Å²) in [5, 5.41) is 8.40. The van der Waals surface area contributed by atoms with E-state index in [1.807, 2.05) is 0 Å². The molecule has 0 saturated carbocycles. The second kappa shape index (κ2) is 2.98. The van der Waals surface area contributed by atoms with Gasteiger partial charge in [0.1, 0.15) is 0 Å². The first-order valence-corrected chi connectivity index (χ1v) is 3.61. The number of hydrogen-bond acceptors (Lipinski definition) is 4. The van der Waals surface area contributed by atoms with E-state index in [0.29, 0.717) is 17.9 Å². The van der Waals surface area contributed by atoms with Gasteiger partial charge >= 0.3 is 0 Å². The van der Waals surface area contributed by atoms with Crippen LogP contribution in [0.15, 0.2) is 4.40 Å². The van der Waals surface area contributed by atoms with Gasteiger partial charge < -0.3 is 5.11 Å². The zero-order valence-corrected chi connectivity index (χ0v) is 5.65. The summed E-state index contributed by atoms with van der Waals surface area (Å²) in [6.45, 7) is 0.0190. The SMILES string of the molecule is O=C1CSN=C1CCO. The van der Waals surface area contributed by atoms with Gasteiger partial charge in [-0.3, -0.25) is 4.79 Å². The first kappa shape index (κ1) is 6.77. The van der Waals surface area contributed by atoms with Crippen LogP contribution in [0.5, 0.6) is 0 Å². The van der Waals surface area contributed by atoms with Gasteiger partial charge in [-0.1, -0.05) is 0 Å². The smallest absolute Gasteiger partial charge is 0.189 e. The molecule has 0 aromatic rings. The van der Waals surface area contributed by atoms with Crippen LogP contribution in [0.25, 0.3) is 0 Å². The van der Waals surface area contributed by atoms with E-state index in [0.717, 1.165) is 0 Å². The van der Waals surface area contributed by atoms with Gasteiger partial charge in [-0.25, -0.2) is 4.40 Å². The van der Waals surface area contributed by atoms with E-state index < -0.39 is 0 Å². The number of aliphatic hydroxyl groups excluding tert-OH is 1. The van der Waals surface area contributed by atoms with Gasteiger partial charge in [0.15, 0.2) is 5.78 Å². The Labute approximate surface area is 57.3 Å². The van der Waals surface area contributed by atoms with Crippen molar-refractivity contribution in [3.05, 3.63) is 0 Å². The van der Waals surface area contributed by atoms with Crippen LogP contribution >= 0.6 is 11.9 Å². The van der Waals surface area contributed by atoms with E-state index in [4.69, 9.17) is 5.11 Å². The summed E-state index contributed by atoms with van der Waals surface area (Å²) < 4.78 is 3.83. The lowest BCUT2D eigenvalue weighted by atomic mass is 10.2. The highest BCUT2D eigenvalue weighted by Crippen LogP contribution is 2.13. The summed E-state index contributed by atoms with van der Waals surface area (Å²) in [6, 6.07) is 0. The fourth-order valence-corrected chi connectivity index (χ4v) is 1.29. The lowest BCUT2D eigenvalue weighted by Crippen LogP contribution is -2.11. The number of nitrogens with zero attached hydrogens (tertiary/aromatic N) is 1. The molecule has 0 amide bonds. The summed E-state index contributed by atoms with van der Waals surface area (Å²) in [4.78, 5) is 10.7. The van der Waals surface area contributed by atoms with E-state index >= 15 is 0 Å². The lowest BCUT2D eigenvalue weighted by Gasteiger charge is -1.89. The number of hydrogen-bond donors (Lipinski definition) is 1. The second-order valence-corrected chi connectivity index (χ2v) is 2.44. The zero-order chi connectivity index (χ0) is 6.69. The molecule has 0 atom stereocenters. The molecule has 0 aromatic heterocycles. The van der Waals surface area contributed by atoms with Crippen molar-refractivity contribution in [2.45, 2.75) is 6.42 Å². The molecule has 1 heterocycles. The van der Waals surface area contributed by atoms with E-state index in [2.05, 4.69) is 4.40 Å². The number of carbonyl (C=O) groups excluding carboxylic acids is 1. The topological polar surface area (TPSA) is 49.7 Å². The fourth-order valence-electron chi connectivity index (χ4n) is 0.594. The predicted molar refractivity (Wildman–Crippen MR) is 36.6 cm³/mol. The average molecular weight is 145 g/mol. The number of Topliss-reactive ketones (excluding diaryl/α,β-unsaturated/α-hetero) is 1. The summed E-state index contributed by atoms with van der Waals surface area (Å²) in [6.07, 6.45) is 0.409. The van der Waals surface area contributed by atoms with Gasteiger partial charge in [-0.2, -0.15) is 0 Å². The molecule has 3 nitrogen and oxygen atoms in total. The largest absolute Gasteiger partial charge is 0.396 e. The fraction of sp³-hybridized carbons (Fsp3) is 0.600. The monoisotopic (exact) mass is 145 g/mol. The van der Waals surface area contributed by atoms with Crippen molar-refractivity contribution < 1.29 is 9.90 Å². The van der Waals surface area contributed by atoms with Gasteiger partial charge in [0.05, 0.1) is 11.5 Å².